The summed E-state index contributed by atoms with van der Waals surface area (Å²) in [4.78, 5) is 11.7. The van der Waals surface area contributed by atoms with Crippen LogP contribution in [0.5, 0.6) is 0 Å². The van der Waals surface area contributed by atoms with Crippen molar-refractivity contribution in [3.05, 3.63) is 0 Å². The first-order valence-corrected chi connectivity index (χ1v) is 7.19. The van der Waals surface area contributed by atoms with E-state index < -0.39 is 11.5 Å². The molecular formula is C14H25NO3. The van der Waals surface area contributed by atoms with Crippen molar-refractivity contribution in [2.75, 3.05) is 13.7 Å². The first-order valence-electron chi connectivity index (χ1n) is 7.19. The second-order valence-electron chi connectivity index (χ2n) is 5.82. The van der Waals surface area contributed by atoms with E-state index in [9.17, 15) is 9.90 Å². The van der Waals surface area contributed by atoms with Crippen molar-refractivity contribution in [2.45, 2.75) is 62.9 Å². The van der Waals surface area contributed by atoms with Crippen LogP contribution in [-0.4, -0.2) is 36.4 Å². The van der Waals surface area contributed by atoms with Crippen molar-refractivity contribution < 1.29 is 14.6 Å². The number of hydrogen-bond donors (Lipinski definition) is 2. The molecule has 2 rings (SSSR count). The standard InChI is InChI=1S/C14H25NO3/c1-18-10-14(13(16)17,11-8-9-11)15-12-6-4-2-3-5-7-12/h11-12,15H,2-10H2,1H3,(H,16,17). The van der Waals surface area contributed by atoms with Crippen LogP contribution in [0.15, 0.2) is 0 Å². The van der Waals surface area contributed by atoms with Gasteiger partial charge in [-0.25, -0.2) is 0 Å². The summed E-state index contributed by atoms with van der Waals surface area (Å²) in [5, 5.41) is 13.1. The van der Waals surface area contributed by atoms with Gasteiger partial charge in [0.05, 0.1) is 6.61 Å². The highest BCUT2D eigenvalue weighted by molar-refractivity contribution is 5.80. The number of carboxylic acid groups (broad SMARTS) is 1. The van der Waals surface area contributed by atoms with Crippen LogP contribution in [-0.2, 0) is 9.53 Å². The topological polar surface area (TPSA) is 58.6 Å². The molecule has 4 heteroatoms. The summed E-state index contributed by atoms with van der Waals surface area (Å²) < 4.78 is 5.20. The van der Waals surface area contributed by atoms with Crippen LogP contribution >= 0.6 is 0 Å². The minimum Gasteiger partial charge on any atom is -0.480 e. The molecule has 18 heavy (non-hydrogen) atoms. The van der Waals surface area contributed by atoms with Crippen LogP contribution in [0.3, 0.4) is 0 Å². The third-order valence-corrected chi connectivity index (χ3v) is 4.34. The Balaban J connectivity index is 2.05. The second-order valence-corrected chi connectivity index (χ2v) is 5.82. The van der Waals surface area contributed by atoms with Gasteiger partial charge in [0.25, 0.3) is 0 Å². The Morgan fingerprint density at radius 1 is 1.22 bits per heavy atom. The molecule has 4 nitrogen and oxygen atoms in total. The zero-order chi connectivity index (χ0) is 13.0. The highest BCUT2D eigenvalue weighted by Crippen LogP contribution is 2.41. The van der Waals surface area contributed by atoms with Crippen molar-refractivity contribution in [3.63, 3.8) is 0 Å². The lowest BCUT2D eigenvalue weighted by Gasteiger charge is -2.34. The molecule has 0 radical (unpaired) electrons. The molecule has 0 amide bonds. The highest BCUT2D eigenvalue weighted by Gasteiger charge is 2.52. The van der Waals surface area contributed by atoms with Crippen molar-refractivity contribution in [3.8, 4) is 0 Å². The molecule has 0 aliphatic heterocycles. The maximum atomic E-state index is 11.7. The fourth-order valence-electron chi connectivity index (χ4n) is 3.17. The molecule has 2 N–H and O–H groups in total. The first-order chi connectivity index (χ1) is 8.69. The Kier molecular flexibility index (Phi) is 4.62. The number of aliphatic carboxylic acids is 1. The molecule has 2 fully saturated rings. The maximum Gasteiger partial charge on any atom is 0.326 e. The van der Waals surface area contributed by atoms with E-state index in [1.807, 2.05) is 0 Å². The Bertz CT molecular complexity index is 283. The molecule has 0 bridgehead atoms. The zero-order valence-electron chi connectivity index (χ0n) is 11.3. The Morgan fingerprint density at radius 3 is 2.28 bits per heavy atom. The van der Waals surface area contributed by atoms with E-state index in [4.69, 9.17) is 4.74 Å². The van der Waals surface area contributed by atoms with Gasteiger partial charge >= 0.3 is 5.97 Å². The molecule has 2 saturated carbocycles. The number of carbonyl (C=O) groups is 1. The van der Waals surface area contributed by atoms with Crippen LogP contribution in [0.2, 0.25) is 0 Å². The van der Waals surface area contributed by atoms with Crippen molar-refractivity contribution in [2.24, 2.45) is 5.92 Å². The molecule has 104 valence electrons. The van der Waals surface area contributed by atoms with Crippen LogP contribution in [0, 0.1) is 5.92 Å². The van der Waals surface area contributed by atoms with Crippen LogP contribution in [0.25, 0.3) is 0 Å². The first kappa shape index (κ1) is 13.8. The molecule has 1 atom stereocenters. The fourth-order valence-corrected chi connectivity index (χ4v) is 3.17. The van der Waals surface area contributed by atoms with Crippen molar-refractivity contribution >= 4 is 5.97 Å². The van der Waals surface area contributed by atoms with Gasteiger partial charge in [0.1, 0.15) is 5.54 Å². The monoisotopic (exact) mass is 255 g/mol. The van der Waals surface area contributed by atoms with Crippen LogP contribution < -0.4 is 5.32 Å². The van der Waals surface area contributed by atoms with Gasteiger partial charge in [-0.1, -0.05) is 25.7 Å². The summed E-state index contributed by atoms with van der Waals surface area (Å²) in [6.45, 7) is 0.281. The Hall–Kier alpha value is -0.610. The molecule has 0 spiro atoms. The second kappa shape index (κ2) is 6.02. The smallest absolute Gasteiger partial charge is 0.326 e. The number of rotatable bonds is 6. The third kappa shape index (κ3) is 3.04. The van der Waals surface area contributed by atoms with Gasteiger partial charge in [-0.2, -0.15) is 0 Å². The number of methoxy groups -OCH3 is 1. The number of ether oxygens (including phenoxy) is 1. The van der Waals surface area contributed by atoms with E-state index in [1.165, 1.54) is 25.7 Å². The summed E-state index contributed by atoms with van der Waals surface area (Å²) >= 11 is 0. The van der Waals surface area contributed by atoms with E-state index in [-0.39, 0.29) is 12.5 Å². The molecule has 0 aromatic heterocycles. The summed E-state index contributed by atoms with van der Waals surface area (Å²) in [7, 11) is 1.59. The maximum absolute atomic E-state index is 11.7. The van der Waals surface area contributed by atoms with Crippen molar-refractivity contribution in [1.29, 1.82) is 0 Å². The zero-order valence-corrected chi connectivity index (χ0v) is 11.3. The predicted molar refractivity (Wildman–Crippen MR) is 69.6 cm³/mol. The van der Waals surface area contributed by atoms with Gasteiger partial charge in [-0.15, -0.1) is 0 Å². The molecule has 0 aromatic rings. The van der Waals surface area contributed by atoms with Gasteiger partial charge in [-0.05, 0) is 31.6 Å². The minimum absolute atomic E-state index is 0.248. The third-order valence-electron chi connectivity index (χ3n) is 4.34. The van der Waals surface area contributed by atoms with Gasteiger partial charge in [0.2, 0.25) is 0 Å². The minimum atomic E-state index is -0.843. The summed E-state index contributed by atoms with van der Waals surface area (Å²) in [5.74, 6) is -0.491. The lowest BCUT2D eigenvalue weighted by molar-refractivity contribution is -0.149. The van der Waals surface area contributed by atoms with E-state index in [1.54, 1.807) is 7.11 Å². The number of hydrogen-bond acceptors (Lipinski definition) is 3. The summed E-state index contributed by atoms with van der Waals surface area (Å²) in [6.07, 6.45) is 9.22. The number of nitrogens with one attached hydrogen (secondary N) is 1. The average Bonchev–Trinajstić information content (AvgIpc) is 3.16. The molecular weight excluding hydrogens is 230 g/mol. The Labute approximate surface area is 109 Å². The molecule has 0 aromatic carbocycles. The van der Waals surface area contributed by atoms with Gasteiger partial charge in [0.15, 0.2) is 0 Å². The molecule has 0 heterocycles. The average molecular weight is 255 g/mol. The molecule has 2 aliphatic carbocycles. The van der Waals surface area contributed by atoms with E-state index in [0.717, 1.165) is 25.7 Å². The van der Waals surface area contributed by atoms with Crippen LogP contribution in [0.1, 0.15) is 51.4 Å². The molecule has 1 unspecified atom stereocenters. The van der Waals surface area contributed by atoms with Crippen molar-refractivity contribution in [1.82, 2.24) is 5.32 Å². The highest BCUT2D eigenvalue weighted by atomic mass is 16.5. The lowest BCUT2D eigenvalue weighted by Crippen LogP contribution is -2.60. The fraction of sp³-hybridized carbons (Fsp3) is 0.929. The SMILES string of the molecule is COCC(NC1CCCCCC1)(C(=O)O)C1CC1. The number of carboxylic acids is 1. The van der Waals surface area contributed by atoms with Crippen LogP contribution in [0.4, 0.5) is 0 Å². The Morgan fingerprint density at radius 2 is 1.83 bits per heavy atom. The summed E-state index contributed by atoms with van der Waals surface area (Å²) in [6, 6.07) is 0.347. The summed E-state index contributed by atoms with van der Waals surface area (Å²) in [5.41, 5.74) is -0.843. The predicted octanol–water partition coefficient (Wildman–Crippen LogP) is 2.18. The largest absolute Gasteiger partial charge is 0.480 e. The lowest BCUT2D eigenvalue weighted by atomic mass is 9.91. The molecule has 2 aliphatic rings. The van der Waals surface area contributed by atoms with E-state index in [0.29, 0.717) is 6.04 Å². The van der Waals surface area contributed by atoms with E-state index in [2.05, 4.69) is 5.32 Å². The van der Waals surface area contributed by atoms with Gasteiger partial charge in [0, 0.05) is 13.2 Å². The van der Waals surface area contributed by atoms with Gasteiger partial charge < -0.3 is 9.84 Å². The normalized spacial score (nSPS) is 25.4. The molecule has 0 saturated heterocycles. The quantitative estimate of drug-likeness (QED) is 0.714. The van der Waals surface area contributed by atoms with Gasteiger partial charge in [-0.3, -0.25) is 10.1 Å². The van der Waals surface area contributed by atoms with E-state index >= 15 is 0 Å².